The first-order valence-corrected chi connectivity index (χ1v) is 15.9. The van der Waals surface area contributed by atoms with Crippen molar-refractivity contribution in [3.8, 4) is 0 Å². The number of hydrogen-bond acceptors (Lipinski definition) is 11. The topological polar surface area (TPSA) is 341 Å². The molecular weight excluding hydrogens is 678 g/mol. The average Bonchev–Trinajstić information content (AvgIpc) is 3.56. The molecule has 1 aromatic rings. The number of aliphatic carboxylic acids is 2. The Balaban J connectivity index is 2.89. The summed E-state index contributed by atoms with van der Waals surface area (Å²) in [4.78, 5) is 117. The van der Waals surface area contributed by atoms with E-state index in [1.165, 1.54) is 47.1 Å². The smallest absolute Gasteiger partial charge is 0.303 e. The van der Waals surface area contributed by atoms with E-state index in [4.69, 9.17) is 15.9 Å². The molecule has 0 radical (unpaired) electrons. The second kappa shape index (κ2) is 20.8. The highest BCUT2D eigenvalue weighted by atomic mass is 16.4. The van der Waals surface area contributed by atoms with Gasteiger partial charge in [-0.05, 0) is 40.5 Å². The molecular formula is C30H47N9O12. The minimum atomic E-state index is -1.66. The summed E-state index contributed by atoms with van der Waals surface area (Å²) in [6.07, 6.45) is -0.0694. The van der Waals surface area contributed by atoms with E-state index in [2.05, 4.69) is 41.9 Å². The molecule has 12 N–H and O–H groups in total. The number of aliphatic hydroxyl groups is 1. The van der Waals surface area contributed by atoms with Crippen molar-refractivity contribution in [1.82, 2.24) is 41.9 Å². The molecule has 284 valence electrons. The van der Waals surface area contributed by atoms with E-state index < -0.39 is 108 Å². The second-order valence-electron chi connectivity index (χ2n) is 12.0. The number of amides is 7. The van der Waals surface area contributed by atoms with Gasteiger partial charge in [0.1, 0.15) is 36.3 Å². The summed E-state index contributed by atoms with van der Waals surface area (Å²) in [6, 6.07) is -8.07. The Morgan fingerprint density at radius 2 is 1.14 bits per heavy atom. The molecule has 21 nitrogen and oxygen atoms in total. The minimum absolute atomic E-state index is 0.0561. The lowest BCUT2D eigenvalue weighted by molar-refractivity contribution is -0.139. The molecule has 51 heavy (non-hydrogen) atoms. The summed E-state index contributed by atoms with van der Waals surface area (Å²) < 4.78 is 0. The van der Waals surface area contributed by atoms with Crippen molar-refractivity contribution in [3.63, 3.8) is 0 Å². The number of nitrogens with zero attached hydrogens (tertiary/aromatic N) is 1. The number of rotatable bonds is 22. The van der Waals surface area contributed by atoms with Gasteiger partial charge in [-0.1, -0.05) is 6.92 Å². The van der Waals surface area contributed by atoms with Gasteiger partial charge in [-0.2, -0.15) is 0 Å². The molecule has 0 spiro atoms. The number of aromatic amines is 1. The van der Waals surface area contributed by atoms with Crippen molar-refractivity contribution < 1.29 is 58.5 Å². The normalized spacial score (nSPS) is 15.6. The average molecular weight is 726 g/mol. The molecule has 0 fully saturated rings. The maximum absolute atomic E-state index is 13.3. The van der Waals surface area contributed by atoms with Crippen LogP contribution < -0.4 is 37.6 Å². The largest absolute Gasteiger partial charge is 0.481 e. The fourth-order valence-electron chi connectivity index (χ4n) is 4.30. The molecule has 7 amide bonds. The van der Waals surface area contributed by atoms with Crippen LogP contribution in [0.3, 0.4) is 0 Å². The van der Waals surface area contributed by atoms with Crippen molar-refractivity contribution in [3.05, 3.63) is 18.2 Å². The van der Waals surface area contributed by atoms with Crippen LogP contribution in [-0.2, 0) is 49.6 Å². The molecule has 0 saturated heterocycles. The standard InChI is InChI=1S/C30H47N9O12/c1-13(6-8-21(41)42)25(46)34-14(2)26(47)35-15(3)27(48)36-16(4)28(49)39-23(17(5)40)30(51)38-20(10-18-11-32-12-33-18)29(50)37-19(24(31)45)7-9-22(43)44/h11-17,19-20,23,40H,6-10H2,1-5H3,(H2,31,45)(H,32,33)(H,34,46)(H,35,47)(H,36,48)(H,37,50)(H,38,51)(H,39,49)(H,41,42)(H,43,44)/t13-,14-,15-,16-,17+,19-,20-,23-/m1/s1. The van der Waals surface area contributed by atoms with Gasteiger partial charge in [0.25, 0.3) is 0 Å². The molecule has 0 aliphatic carbocycles. The SMILES string of the molecule is C[C@H](CCC(=O)O)C(=O)N[C@H](C)C(=O)N[C@H](C)C(=O)N[C@H](C)C(=O)N[C@@H](C(=O)N[C@H](Cc1cnc[nH]1)C(=O)N[C@H](CCC(=O)O)C(N)=O)[C@H](C)O. The highest BCUT2D eigenvalue weighted by molar-refractivity contribution is 5.97. The van der Waals surface area contributed by atoms with E-state index in [0.717, 1.165) is 0 Å². The maximum atomic E-state index is 13.3. The third-order valence-electron chi connectivity index (χ3n) is 7.48. The summed E-state index contributed by atoms with van der Waals surface area (Å²) in [5.41, 5.74) is 5.67. The van der Waals surface area contributed by atoms with Gasteiger partial charge >= 0.3 is 11.9 Å². The fourth-order valence-corrected chi connectivity index (χ4v) is 4.30. The minimum Gasteiger partial charge on any atom is -0.481 e. The van der Waals surface area contributed by atoms with E-state index in [1.807, 2.05) is 0 Å². The highest BCUT2D eigenvalue weighted by Gasteiger charge is 2.33. The van der Waals surface area contributed by atoms with Crippen LogP contribution >= 0.6 is 0 Å². The van der Waals surface area contributed by atoms with Crippen LogP contribution in [-0.4, -0.2) is 121 Å². The van der Waals surface area contributed by atoms with Crippen LogP contribution in [0, 0.1) is 5.92 Å². The molecule has 0 aromatic carbocycles. The van der Waals surface area contributed by atoms with Gasteiger partial charge in [0.15, 0.2) is 0 Å². The lowest BCUT2D eigenvalue weighted by Gasteiger charge is -2.27. The Kier molecular flexibility index (Phi) is 17.7. The molecule has 0 saturated carbocycles. The van der Waals surface area contributed by atoms with Gasteiger partial charge in [-0.3, -0.25) is 43.2 Å². The molecule has 21 heteroatoms. The molecule has 1 heterocycles. The zero-order valence-electron chi connectivity index (χ0n) is 28.8. The zero-order valence-corrected chi connectivity index (χ0v) is 28.8. The third-order valence-corrected chi connectivity index (χ3v) is 7.48. The van der Waals surface area contributed by atoms with Gasteiger partial charge in [-0.15, -0.1) is 0 Å². The Hall–Kier alpha value is -5.60. The van der Waals surface area contributed by atoms with Crippen LogP contribution in [0.5, 0.6) is 0 Å². The summed E-state index contributed by atoms with van der Waals surface area (Å²) in [7, 11) is 0. The summed E-state index contributed by atoms with van der Waals surface area (Å²) in [6.45, 7) is 6.61. The second-order valence-corrected chi connectivity index (χ2v) is 12.0. The highest BCUT2D eigenvalue weighted by Crippen LogP contribution is 2.07. The number of carboxylic acid groups (broad SMARTS) is 2. The van der Waals surface area contributed by atoms with Crippen LogP contribution in [0.1, 0.15) is 66.0 Å². The van der Waals surface area contributed by atoms with E-state index in [0.29, 0.717) is 5.69 Å². The lowest BCUT2D eigenvalue weighted by atomic mass is 10.0. The van der Waals surface area contributed by atoms with Gasteiger partial charge < -0.3 is 57.9 Å². The van der Waals surface area contributed by atoms with Crippen molar-refractivity contribution in [2.75, 3.05) is 0 Å². The monoisotopic (exact) mass is 725 g/mol. The van der Waals surface area contributed by atoms with Crippen molar-refractivity contribution >= 4 is 53.3 Å². The van der Waals surface area contributed by atoms with Crippen molar-refractivity contribution in [1.29, 1.82) is 0 Å². The number of nitrogens with one attached hydrogen (secondary N) is 7. The number of carbonyl (C=O) groups excluding carboxylic acids is 7. The summed E-state index contributed by atoms with van der Waals surface area (Å²) in [5, 5.41) is 42.2. The molecule has 0 bridgehead atoms. The van der Waals surface area contributed by atoms with E-state index in [9.17, 15) is 48.3 Å². The van der Waals surface area contributed by atoms with Gasteiger partial charge in [0.2, 0.25) is 41.4 Å². The summed E-state index contributed by atoms with van der Waals surface area (Å²) >= 11 is 0. The van der Waals surface area contributed by atoms with Gasteiger partial charge in [0.05, 0.1) is 12.4 Å². The molecule has 1 rings (SSSR count). The first kappa shape index (κ1) is 43.4. The first-order valence-electron chi connectivity index (χ1n) is 15.9. The number of nitrogens with two attached hydrogens (primary N) is 1. The Labute approximate surface area is 292 Å². The Morgan fingerprint density at radius 1 is 0.667 bits per heavy atom. The fraction of sp³-hybridized carbons (Fsp3) is 0.600. The van der Waals surface area contributed by atoms with E-state index in [1.54, 1.807) is 0 Å². The molecule has 0 aliphatic heterocycles. The predicted octanol–water partition coefficient (Wildman–Crippen LogP) is -3.85. The number of imidazole rings is 1. The Bertz CT molecular complexity index is 1420. The number of H-pyrrole nitrogens is 1. The van der Waals surface area contributed by atoms with Gasteiger partial charge in [-0.25, -0.2) is 4.98 Å². The lowest BCUT2D eigenvalue weighted by Crippen LogP contribution is -2.61. The van der Waals surface area contributed by atoms with E-state index in [-0.39, 0.29) is 25.7 Å². The van der Waals surface area contributed by atoms with Gasteiger partial charge in [0, 0.05) is 37.1 Å². The quantitative estimate of drug-likeness (QED) is 0.0546. The van der Waals surface area contributed by atoms with Crippen LogP contribution in [0.4, 0.5) is 0 Å². The summed E-state index contributed by atoms with van der Waals surface area (Å²) in [5.74, 6) is -9.03. The number of aromatic nitrogens is 2. The Morgan fingerprint density at radius 3 is 1.59 bits per heavy atom. The molecule has 0 aliphatic rings. The van der Waals surface area contributed by atoms with Crippen LogP contribution in [0.15, 0.2) is 12.5 Å². The van der Waals surface area contributed by atoms with Crippen molar-refractivity contribution in [2.24, 2.45) is 11.7 Å². The maximum Gasteiger partial charge on any atom is 0.303 e. The number of primary amides is 1. The van der Waals surface area contributed by atoms with Crippen LogP contribution in [0.2, 0.25) is 0 Å². The molecule has 8 atom stereocenters. The molecule has 0 unspecified atom stereocenters. The molecule has 1 aromatic heterocycles. The zero-order chi connectivity index (χ0) is 39.0. The first-order chi connectivity index (χ1) is 23.7. The van der Waals surface area contributed by atoms with Crippen LogP contribution in [0.25, 0.3) is 0 Å². The number of carboxylic acids is 2. The number of carbonyl (C=O) groups is 9. The predicted molar refractivity (Wildman–Crippen MR) is 175 cm³/mol. The third kappa shape index (κ3) is 15.7. The van der Waals surface area contributed by atoms with E-state index >= 15 is 0 Å². The number of hydrogen-bond donors (Lipinski definition) is 11. The van der Waals surface area contributed by atoms with Crippen molar-refractivity contribution in [2.45, 2.75) is 109 Å². The number of aliphatic hydroxyl groups excluding tert-OH is 1.